The van der Waals surface area contributed by atoms with Crippen LogP contribution in [0.25, 0.3) is 0 Å². The summed E-state index contributed by atoms with van der Waals surface area (Å²) < 4.78 is 17.5. The van der Waals surface area contributed by atoms with Crippen LogP contribution < -0.4 is 0 Å². The van der Waals surface area contributed by atoms with Gasteiger partial charge in [-0.25, -0.2) is 0 Å². The van der Waals surface area contributed by atoms with Crippen molar-refractivity contribution in [1.29, 1.82) is 0 Å². The van der Waals surface area contributed by atoms with Crippen LogP contribution in [0.4, 0.5) is 0 Å². The van der Waals surface area contributed by atoms with Crippen molar-refractivity contribution in [3.05, 3.63) is 0 Å². The Hall–Kier alpha value is -1.59. The van der Waals surface area contributed by atoms with Crippen LogP contribution in [0, 0.1) is 22.2 Å². The van der Waals surface area contributed by atoms with Crippen molar-refractivity contribution >= 4 is 17.9 Å². The molecule has 31 heavy (non-hydrogen) atoms. The van der Waals surface area contributed by atoms with Crippen LogP contribution in [0.15, 0.2) is 0 Å². The van der Waals surface area contributed by atoms with E-state index in [0.29, 0.717) is 38.5 Å². The zero-order valence-corrected chi connectivity index (χ0v) is 20.8. The average Bonchev–Trinajstić information content (AvgIpc) is 2.48. The first-order valence-corrected chi connectivity index (χ1v) is 11.5. The number of carbonyl (C=O) groups excluding carboxylic acids is 3. The van der Waals surface area contributed by atoms with Gasteiger partial charge in [-0.3, -0.25) is 14.4 Å². The Kier molecular flexibility index (Phi) is 5.40. The lowest BCUT2D eigenvalue weighted by Crippen LogP contribution is -2.65. The number of carbonyl (C=O) groups is 3. The van der Waals surface area contributed by atoms with E-state index in [1.807, 2.05) is 62.3 Å². The lowest BCUT2D eigenvalue weighted by molar-refractivity contribution is -0.225. The molecule has 0 N–H and O–H groups in total. The van der Waals surface area contributed by atoms with Crippen LogP contribution in [-0.2, 0) is 28.6 Å². The number of hydrogen-bond acceptors (Lipinski definition) is 6. The summed E-state index contributed by atoms with van der Waals surface area (Å²) in [6, 6.07) is 0. The summed E-state index contributed by atoms with van der Waals surface area (Å²) in [7, 11) is 0. The van der Waals surface area contributed by atoms with Gasteiger partial charge in [-0.15, -0.1) is 0 Å². The van der Waals surface area contributed by atoms with Gasteiger partial charge < -0.3 is 14.2 Å². The predicted octanol–water partition coefficient (Wildman–Crippen LogP) is 4.97. The largest absolute Gasteiger partial charge is 0.460 e. The SMILES string of the molecule is CC(C)(C)OC(=O)C12CC3CC(C(=O)OC(C)(C)C)(C1)CC(C(=O)OC(C)(C)C)(C3)C2. The first-order valence-electron chi connectivity index (χ1n) is 11.5. The van der Waals surface area contributed by atoms with E-state index in [1.165, 1.54) is 0 Å². The highest BCUT2D eigenvalue weighted by Gasteiger charge is 2.71. The van der Waals surface area contributed by atoms with Crippen molar-refractivity contribution in [3.63, 3.8) is 0 Å². The maximum absolute atomic E-state index is 13.5. The van der Waals surface area contributed by atoms with Gasteiger partial charge in [-0.2, -0.15) is 0 Å². The minimum Gasteiger partial charge on any atom is -0.460 e. The van der Waals surface area contributed by atoms with Gasteiger partial charge in [0.05, 0.1) is 16.2 Å². The summed E-state index contributed by atoms with van der Waals surface area (Å²) in [5, 5.41) is 0. The van der Waals surface area contributed by atoms with E-state index in [0.717, 1.165) is 0 Å². The summed E-state index contributed by atoms with van der Waals surface area (Å²) in [6.45, 7) is 16.6. The summed E-state index contributed by atoms with van der Waals surface area (Å²) >= 11 is 0. The third-order valence-corrected chi connectivity index (χ3v) is 6.56. The van der Waals surface area contributed by atoms with Gasteiger partial charge in [0, 0.05) is 0 Å². The van der Waals surface area contributed by atoms with E-state index in [1.54, 1.807) is 0 Å². The average molecular weight is 437 g/mol. The molecule has 0 spiro atoms. The standard InChI is InChI=1S/C25H40O6/c1-20(2,3)29-17(26)23-10-16-11-24(13-23,18(27)30-21(4,5)6)15-25(12-16,14-23)19(28)31-22(7,8)9/h16H,10-15H2,1-9H3. The molecule has 6 nitrogen and oxygen atoms in total. The lowest BCUT2D eigenvalue weighted by atomic mass is 9.39. The van der Waals surface area contributed by atoms with E-state index < -0.39 is 33.0 Å². The predicted molar refractivity (Wildman–Crippen MR) is 116 cm³/mol. The molecule has 4 bridgehead atoms. The number of rotatable bonds is 3. The van der Waals surface area contributed by atoms with E-state index in [9.17, 15) is 14.4 Å². The maximum atomic E-state index is 13.5. The van der Waals surface area contributed by atoms with Gasteiger partial charge in [0.2, 0.25) is 0 Å². The Balaban J connectivity index is 2.05. The molecule has 0 aliphatic heterocycles. The molecule has 0 heterocycles. The van der Waals surface area contributed by atoms with Gasteiger partial charge in [0.15, 0.2) is 0 Å². The summed E-state index contributed by atoms with van der Waals surface area (Å²) in [6.07, 6.45) is 3.09. The third kappa shape index (κ3) is 4.78. The summed E-state index contributed by atoms with van der Waals surface area (Å²) in [5.74, 6) is -0.816. The Morgan fingerprint density at radius 1 is 0.548 bits per heavy atom. The smallest absolute Gasteiger partial charge is 0.312 e. The van der Waals surface area contributed by atoms with Crippen LogP contribution in [0.3, 0.4) is 0 Å². The lowest BCUT2D eigenvalue weighted by Gasteiger charge is -2.63. The number of esters is 3. The molecular formula is C25H40O6. The molecule has 4 saturated carbocycles. The molecule has 4 fully saturated rings. The van der Waals surface area contributed by atoms with Gasteiger partial charge in [-0.1, -0.05) is 0 Å². The second kappa shape index (κ2) is 6.95. The van der Waals surface area contributed by atoms with Crippen LogP contribution in [0.2, 0.25) is 0 Å². The van der Waals surface area contributed by atoms with E-state index in [4.69, 9.17) is 14.2 Å². The van der Waals surface area contributed by atoms with Gasteiger partial charge in [-0.05, 0) is 107 Å². The van der Waals surface area contributed by atoms with Crippen LogP contribution >= 0.6 is 0 Å². The molecule has 0 radical (unpaired) electrons. The number of hydrogen-bond donors (Lipinski definition) is 0. The third-order valence-electron chi connectivity index (χ3n) is 6.56. The fourth-order valence-corrected chi connectivity index (χ4v) is 6.28. The van der Waals surface area contributed by atoms with Crippen molar-refractivity contribution in [1.82, 2.24) is 0 Å². The zero-order valence-electron chi connectivity index (χ0n) is 20.8. The van der Waals surface area contributed by atoms with Crippen molar-refractivity contribution in [2.75, 3.05) is 0 Å². The van der Waals surface area contributed by atoms with Crippen LogP contribution in [-0.4, -0.2) is 34.7 Å². The van der Waals surface area contributed by atoms with Crippen molar-refractivity contribution in [2.24, 2.45) is 22.2 Å². The van der Waals surface area contributed by atoms with E-state index in [-0.39, 0.29) is 23.8 Å². The first-order chi connectivity index (χ1) is 13.8. The highest BCUT2D eigenvalue weighted by atomic mass is 16.6. The van der Waals surface area contributed by atoms with Crippen molar-refractivity contribution in [2.45, 2.75) is 118 Å². The Bertz CT molecular complexity index is 663. The van der Waals surface area contributed by atoms with Crippen LogP contribution in [0.1, 0.15) is 101 Å². The van der Waals surface area contributed by atoms with Crippen LogP contribution in [0.5, 0.6) is 0 Å². The van der Waals surface area contributed by atoms with E-state index >= 15 is 0 Å². The second-order valence-electron chi connectivity index (χ2n) is 13.4. The molecule has 4 aliphatic rings. The Morgan fingerprint density at radius 2 is 0.774 bits per heavy atom. The Morgan fingerprint density at radius 3 is 0.968 bits per heavy atom. The highest BCUT2D eigenvalue weighted by Crippen LogP contribution is 2.71. The quantitative estimate of drug-likeness (QED) is 0.459. The molecule has 0 unspecified atom stereocenters. The monoisotopic (exact) mass is 436 g/mol. The van der Waals surface area contributed by atoms with E-state index in [2.05, 4.69) is 0 Å². The summed E-state index contributed by atoms with van der Waals surface area (Å²) in [5.41, 5.74) is -4.50. The molecule has 176 valence electrons. The molecule has 4 rings (SSSR count). The fourth-order valence-electron chi connectivity index (χ4n) is 6.28. The minimum absolute atomic E-state index is 0.0869. The highest BCUT2D eigenvalue weighted by molar-refractivity contribution is 5.88. The molecule has 0 aromatic heterocycles. The fraction of sp³-hybridized carbons (Fsp3) is 0.880. The first kappa shape index (κ1) is 24.1. The Labute approximate surface area is 186 Å². The maximum Gasteiger partial charge on any atom is 0.312 e. The molecular weight excluding hydrogens is 396 g/mol. The van der Waals surface area contributed by atoms with Gasteiger partial charge >= 0.3 is 17.9 Å². The van der Waals surface area contributed by atoms with Gasteiger partial charge in [0.1, 0.15) is 16.8 Å². The molecule has 0 amide bonds. The number of ether oxygens (including phenoxy) is 3. The van der Waals surface area contributed by atoms with Crippen molar-refractivity contribution in [3.8, 4) is 0 Å². The molecule has 0 aromatic carbocycles. The molecule has 0 saturated heterocycles. The molecule has 0 aromatic rings. The van der Waals surface area contributed by atoms with Gasteiger partial charge in [0.25, 0.3) is 0 Å². The normalized spacial score (nSPS) is 34.9. The summed E-state index contributed by atoms with van der Waals surface area (Å²) in [4.78, 5) is 40.5. The molecule has 4 aliphatic carbocycles. The minimum atomic E-state index is -0.861. The van der Waals surface area contributed by atoms with Crippen molar-refractivity contribution < 1.29 is 28.6 Å². The second-order valence-corrected chi connectivity index (χ2v) is 13.4. The zero-order chi connectivity index (χ0) is 23.7. The topological polar surface area (TPSA) is 78.9 Å². The molecule has 0 atom stereocenters. The molecule has 6 heteroatoms.